The molecular weight excluding hydrogens is 206 g/mol. The first-order chi connectivity index (χ1) is 5.43. The molecule has 1 rings (SSSR count). The lowest BCUT2D eigenvalue weighted by Gasteiger charge is -2.15. The summed E-state index contributed by atoms with van der Waals surface area (Å²) < 4.78 is 24.8. The third-order valence-corrected chi connectivity index (χ3v) is 2.57. The fraction of sp³-hybridized carbons (Fsp3) is 0.429. The molecule has 5 heteroatoms. The van der Waals surface area contributed by atoms with Crippen molar-refractivity contribution < 1.29 is 13.9 Å². The molecule has 0 bridgehead atoms. The van der Waals surface area contributed by atoms with Crippen molar-refractivity contribution in [2.45, 2.75) is 18.4 Å². The highest BCUT2D eigenvalue weighted by Gasteiger charge is 2.37. The molecule has 1 N–H and O–H groups in total. The summed E-state index contributed by atoms with van der Waals surface area (Å²) in [5, 5.41) is 7.10. The summed E-state index contributed by atoms with van der Waals surface area (Å²) in [6.45, 7) is 1.66. The summed E-state index contributed by atoms with van der Waals surface area (Å²) in [6.07, 6.45) is -1.91. The topological polar surface area (TPSA) is 20.2 Å². The quantitative estimate of drug-likeness (QED) is 0.748. The first kappa shape index (κ1) is 9.89. The molecule has 0 aliphatic heterocycles. The number of hydrogen-bond donors (Lipinski definition) is 1. The summed E-state index contributed by atoms with van der Waals surface area (Å²) in [5.74, 6) is 0. The number of hydrogen-bond acceptors (Lipinski definition) is 2. The van der Waals surface area contributed by atoms with Gasteiger partial charge in [0, 0.05) is 10.4 Å². The Balaban J connectivity index is 2.92. The highest BCUT2D eigenvalue weighted by Crippen LogP contribution is 2.37. The monoisotopic (exact) mass is 212 g/mol. The first-order valence-electron chi connectivity index (χ1n) is 3.21. The molecule has 0 spiro atoms. The zero-order chi connectivity index (χ0) is 9.35. The van der Waals surface area contributed by atoms with E-state index in [-0.39, 0.29) is 5.56 Å². The van der Waals surface area contributed by atoms with Crippen LogP contribution in [0.3, 0.4) is 0 Å². The van der Waals surface area contributed by atoms with Crippen molar-refractivity contribution in [3.8, 4) is 0 Å². The highest BCUT2D eigenvalue weighted by atomic mass is 35.5. The van der Waals surface area contributed by atoms with Gasteiger partial charge in [-0.3, -0.25) is 0 Å². The van der Waals surface area contributed by atoms with Crippen LogP contribution in [0.4, 0.5) is 8.78 Å². The van der Waals surface area contributed by atoms with Gasteiger partial charge in [0.1, 0.15) is 0 Å². The number of rotatable bonds is 2. The molecule has 0 radical (unpaired) electrons. The molecule has 1 nitrogen and oxygen atoms in total. The molecule has 0 aliphatic rings. The van der Waals surface area contributed by atoms with Crippen LogP contribution in [0.25, 0.3) is 0 Å². The second kappa shape index (κ2) is 3.28. The molecule has 1 unspecified atom stereocenters. The summed E-state index contributed by atoms with van der Waals surface area (Å²) in [7, 11) is 0. The third kappa shape index (κ3) is 1.94. The fourth-order valence-electron chi connectivity index (χ4n) is 0.855. The smallest absolute Gasteiger partial charge is 0.351 e. The normalized spacial score (nSPS) is 14.8. The Morgan fingerprint density at radius 2 is 2.25 bits per heavy atom. The minimum absolute atomic E-state index is 0.194. The Labute approximate surface area is 77.6 Å². The SMILES string of the molecule is Cc1sccc1C(O)C(F)(F)Cl. The van der Waals surface area contributed by atoms with Crippen molar-refractivity contribution in [3.05, 3.63) is 21.9 Å². The maximum atomic E-state index is 12.4. The maximum Gasteiger partial charge on any atom is 0.351 e. The molecule has 0 saturated carbocycles. The number of aliphatic hydroxyl groups excluding tert-OH is 1. The van der Waals surface area contributed by atoms with Crippen LogP contribution in [0.1, 0.15) is 16.5 Å². The Morgan fingerprint density at radius 3 is 2.58 bits per heavy atom. The molecule has 1 heterocycles. The van der Waals surface area contributed by atoms with E-state index < -0.39 is 11.5 Å². The highest BCUT2D eigenvalue weighted by molar-refractivity contribution is 7.10. The summed E-state index contributed by atoms with van der Waals surface area (Å²) >= 11 is 5.97. The Kier molecular flexibility index (Phi) is 2.70. The van der Waals surface area contributed by atoms with Crippen LogP contribution in [-0.2, 0) is 0 Å². The molecule has 0 saturated heterocycles. The van der Waals surface area contributed by atoms with Gasteiger partial charge in [-0.25, -0.2) is 0 Å². The number of halogens is 3. The Morgan fingerprint density at radius 1 is 1.67 bits per heavy atom. The van der Waals surface area contributed by atoms with Gasteiger partial charge in [0.15, 0.2) is 6.10 Å². The molecule has 68 valence electrons. The van der Waals surface area contributed by atoms with E-state index in [2.05, 4.69) is 11.6 Å². The lowest BCUT2D eigenvalue weighted by atomic mass is 10.1. The van der Waals surface area contributed by atoms with Crippen LogP contribution in [0.5, 0.6) is 0 Å². The van der Waals surface area contributed by atoms with Gasteiger partial charge in [0.25, 0.3) is 0 Å². The largest absolute Gasteiger partial charge is 0.381 e. The van der Waals surface area contributed by atoms with Gasteiger partial charge in [-0.2, -0.15) is 8.78 Å². The number of aryl methyl sites for hydroxylation is 1. The zero-order valence-electron chi connectivity index (χ0n) is 6.22. The lowest BCUT2D eigenvalue weighted by Crippen LogP contribution is -2.18. The van der Waals surface area contributed by atoms with Crippen LogP contribution < -0.4 is 0 Å². The molecule has 1 aromatic heterocycles. The summed E-state index contributed by atoms with van der Waals surface area (Å²) in [5.41, 5.74) is 0.194. The molecule has 0 aliphatic carbocycles. The minimum Gasteiger partial charge on any atom is -0.381 e. The number of thiophene rings is 1. The number of alkyl halides is 3. The molecule has 0 amide bonds. The second-order valence-electron chi connectivity index (χ2n) is 2.38. The van der Waals surface area contributed by atoms with Crippen molar-refractivity contribution in [2.24, 2.45) is 0 Å². The standard InChI is InChI=1S/C7H7ClF2OS/c1-4-5(2-3-12-4)6(11)7(8,9)10/h2-3,6,11H,1H3. The summed E-state index contributed by atoms with van der Waals surface area (Å²) in [6, 6.07) is 1.45. The van der Waals surface area contributed by atoms with Crippen LogP contribution in [0.15, 0.2) is 11.4 Å². The number of aliphatic hydroxyl groups is 1. The van der Waals surface area contributed by atoms with E-state index in [9.17, 15) is 8.78 Å². The van der Waals surface area contributed by atoms with Gasteiger partial charge >= 0.3 is 5.38 Å². The van der Waals surface area contributed by atoms with Crippen molar-refractivity contribution in [1.29, 1.82) is 0 Å². The average Bonchev–Trinajstić information content (AvgIpc) is 2.31. The first-order valence-corrected chi connectivity index (χ1v) is 4.47. The zero-order valence-corrected chi connectivity index (χ0v) is 7.79. The average molecular weight is 213 g/mol. The van der Waals surface area contributed by atoms with Gasteiger partial charge in [-0.15, -0.1) is 11.3 Å². The molecular formula is C7H7ClF2OS. The second-order valence-corrected chi connectivity index (χ2v) is 4.00. The van der Waals surface area contributed by atoms with Gasteiger partial charge in [0.2, 0.25) is 0 Å². The van der Waals surface area contributed by atoms with E-state index in [0.717, 1.165) is 0 Å². The lowest BCUT2D eigenvalue weighted by molar-refractivity contribution is -0.0425. The van der Waals surface area contributed by atoms with Gasteiger partial charge < -0.3 is 5.11 Å². The van der Waals surface area contributed by atoms with Crippen LogP contribution in [-0.4, -0.2) is 10.5 Å². The molecule has 0 aromatic carbocycles. The minimum atomic E-state index is -3.59. The van der Waals surface area contributed by atoms with E-state index in [1.54, 1.807) is 12.3 Å². The fourth-order valence-corrected chi connectivity index (χ4v) is 1.71. The van der Waals surface area contributed by atoms with E-state index >= 15 is 0 Å². The van der Waals surface area contributed by atoms with Crippen molar-refractivity contribution in [3.63, 3.8) is 0 Å². The van der Waals surface area contributed by atoms with Gasteiger partial charge in [0.05, 0.1) is 0 Å². The maximum absolute atomic E-state index is 12.4. The van der Waals surface area contributed by atoms with Gasteiger partial charge in [-0.05, 0) is 30.0 Å². The Bertz CT molecular complexity index is 269. The van der Waals surface area contributed by atoms with E-state index in [4.69, 9.17) is 5.11 Å². The van der Waals surface area contributed by atoms with Crippen molar-refractivity contribution >= 4 is 22.9 Å². The van der Waals surface area contributed by atoms with Crippen LogP contribution in [0, 0.1) is 6.92 Å². The van der Waals surface area contributed by atoms with Gasteiger partial charge in [-0.1, -0.05) is 0 Å². The summed E-state index contributed by atoms with van der Waals surface area (Å²) in [4.78, 5) is 0.655. The molecule has 0 fully saturated rings. The van der Waals surface area contributed by atoms with Crippen LogP contribution in [0.2, 0.25) is 0 Å². The Hall–Kier alpha value is -0.190. The third-order valence-electron chi connectivity index (χ3n) is 1.50. The van der Waals surface area contributed by atoms with E-state index in [1.165, 1.54) is 17.4 Å². The predicted molar refractivity (Wildman–Crippen MR) is 44.8 cm³/mol. The predicted octanol–water partition coefficient (Wildman–Crippen LogP) is 2.92. The molecule has 1 aromatic rings. The van der Waals surface area contributed by atoms with Crippen LogP contribution >= 0.6 is 22.9 Å². The van der Waals surface area contributed by atoms with Crippen molar-refractivity contribution in [1.82, 2.24) is 0 Å². The van der Waals surface area contributed by atoms with E-state index in [1.807, 2.05) is 0 Å². The van der Waals surface area contributed by atoms with E-state index in [0.29, 0.717) is 4.88 Å². The molecule has 1 atom stereocenters. The van der Waals surface area contributed by atoms with Crippen molar-refractivity contribution in [2.75, 3.05) is 0 Å². The molecule has 12 heavy (non-hydrogen) atoms.